The Hall–Kier alpha value is -3.35. The number of anilines is 1. The third kappa shape index (κ3) is 5.07. The molecule has 0 aliphatic rings. The molecule has 0 saturated heterocycles. The average Bonchev–Trinajstić information content (AvgIpc) is 3.14. The van der Waals surface area contributed by atoms with Crippen molar-refractivity contribution < 1.29 is 23.5 Å². The van der Waals surface area contributed by atoms with E-state index in [0.717, 1.165) is 0 Å². The molecule has 1 aromatic carbocycles. The first kappa shape index (κ1) is 18.0. The zero-order chi connectivity index (χ0) is 18.2. The number of nitrogens with one attached hydrogen (secondary N) is 2. The number of benzene rings is 1. The zero-order valence-electron chi connectivity index (χ0n) is 13.7. The van der Waals surface area contributed by atoms with Crippen LogP contribution in [0.5, 0.6) is 0 Å². The molecule has 7 nitrogen and oxygen atoms in total. The Labute approximate surface area is 144 Å². The molecule has 2 rings (SSSR count). The van der Waals surface area contributed by atoms with E-state index in [1.165, 1.54) is 31.4 Å². The zero-order valence-corrected chi connectivity index (χ0v) is 13.7. The molecular weight excluding hydrogens is 324 g/mol. The minimum Gasteiger partial charge on any atom is -0.459 e. The number of esters is 1. The van der Waals surface area contributed by atoms with Crippen LogP contribution in [0.15, 0.2) is 59.7 Å². The molecule has 0 bridgehead atoms. The Morgan fingerprint density at radius 3 is 2.56 bits per heavy atom. The van der Waals surface area contributed by atoms with Gasteiger partial charge in [0.1, 0.15) is 0 Å². The Balaban J connectivity index is 1.92. The van der Waals surface area contributed by atoms with Gasteiger partial charge in [0.05, 0.1) is 11.8 Å². The Morgan fingerprint density at radius 2 is 1.96 bits per heavy atom. The van der Waals surface area contributed by atoms with Gasteiger partial charge in [-0.3, -0.25) is 9.59 Å². The normalized spacial score (nSPS) is 11.2. The molecule has 2 amide bonds. The summed E-state index contributed by atoms with van der Waals surface area (Å²) in [6.07, 6.45) is 2.01. The molecular formula is C18H18N2O5. The second-order valence-corrected chi connectivity index (χ2v) is 5.09. The van der Waals surface area contributed by atoms with Crippen LogP contribution in [0.3, 0.4) is 0 Å². The van der Waals surface area contributed by atoms with Crippen LogP contribution in [0.4, 0.5) is 5.69 Å². The number of amides is 2. The quantitative estimate of drug-likeness (QED) is 0.595. The van der Waals surface area contributed by atoms with Gasteiger partial charge in [0.2, 0.25) is 0 Å². The first-order valence-corrected chi connectivity index (χ1v) is 7.55. The van der Waals surface area contributed by atoms with Crippen molar-refractivity contribution in [3.05, 3.63) is 66.6 Å². The predicted molar refractivity (Wildman–Crippen MR) is 91.2 cm³/mol. The van der Waals surface area contributed by atoms with Crippen molar-refractivity contribution in [1.82, 2.24) is 5.32 Å². The lowest BCUT2D eigenvalue weighted by atomic mass is 10.2. The molecule has 0 aliphatic heterocycles. The molecule has 7 heteroatoms. The number of carbonyl (C=O) groups excluding carboxylic acids is 3. The van der Waals surface area contributed by atoms with E-state index < -0.39 is 23.9 Å². The number of carbonyl (C=O) groups is 3. The summed E-state index contributed by atoms with van der Waals surface area (Å²) in [5, 5.41) is 5.18. The van der Waals surface area contributed by atoms with E-state index in [1.807, 2.05) is 0 Å². The number of hydrogen-bond acceptors (Lipinski definition) is 5. The van der Waals surface area contributed by atoms with E-state index >= 15 is 0 Å². The maximum Gasteiger partial charge on any atom is 0.338 e. The van der Waals surface area contributed by atoms with E-state index in [9.17, 15) is 14.4 Å². The minimum atomic E-state index is -0.925. The largest absolute Gasteiger partial charge is 0.459 e. The van der Waals surface area contributed by atoms with Gasteiger partial charge in [-0.25, -0.2) is 4.79 Å². The second kappa shape index (κ2) is 8.49. The predicted octanol–water partition coefficient (Wildman–Crippen LogP) is 2.38. The molecule has 2 N–H and O–H groups in total. The maximum absolute atomic E-state index is 12.0. The van der Waals surface area contributed by atoms with Gasteiger partial charge in [0.25, 0.3) is 11.8 Å². The van der Waals surface area contributed by atoms with Gasteiger partial charge in [-0.1, -0.05) is 6.08 Å². The van der Waals surface area contributed by atoms with Crippen LogP contribution in [0.25, 0.3) is 0 Å². The topological polar surface area (TPSA) is 97.6 Å². The highest BCUT2D eigenvalue weighted by Crippen LogP contribution is 2.13. The molecule has 25 heavy (non-hydrogen) atoms. The molecule has 1 heterocycles. The molecule has 1 aromatic heterocycles. The van der Waals surface area contributed by atoms with Crippen molar-refractivity contribution in [1.29, 1.82) is 0 Å². The van der Waals surface area contributed by atoms with E-state index in [1.54, 1.807) is 24.3 Å². The van der Waals surface area contributed by atoms with E-state index in [2.05, 4.69) is 17.2 Å². The summed E-state index contributed by atoms with van der Waals surface area (Å²) in [6, 6.07) is 9.25. The van der Waals surface area contributed by atoms with Crippen molar-refractivity contribution in [2.24, 2.45) is 0 Å². The van der Waals surface area contributed by atoms with Gasteiger partial charge in [0, 0.05) is 12.2 Å². The van der Waals surface area contributed by atoms with Crippen molar-refractivity contribution in [3.8, 4) is 0 Å². The van der Waals surface area contributed by atoms with Crippen LogP contribution < -0.4 is 10.6 Å². The standard InChI is InChI=1S/C18H18N2O5/c1-3-10-19-16(21)12(2)25-18(23)13-6-8-14(9-7-13)20-17(22)15-5-4-11-24-15/h3-9,11-12H,1,10H2,2H3,(H,19,21)(H,20,22)/t12-/m0/s1. The lowest BCUT2D eigenvalue weighted by Gasteiger charge is -2.13. The molecule has 0 aliphatic carbocycles. The molecule has 2 aromatic rings. The van der Waals surface area contributed by atoms with Gasteiger partial charge in [-0.15, -0.1) is 6.58 Å². The third-order valence-electron chi connectivity index (χ3n) is 3.20. The molecule has 0 radical (unpaired) electrons. The van der Waals surface area contributed by atoms with Gasteiger partial charge in [-0.2, -0.15) is 0 Å². The first-order valence-electron chi connectivity index (χ1n) is 7.55. The van der Waals surface area contributed by atoms with Crippen molar-refractivity contribution in [2.45, 2.75) is 13.0 Å². The van der Waals surface area contributed by atoms with E-state index in [0.29, 0.717) is 12.2 Å². The lowest BCUT2D eigenvalue weighted by Crippen LogP contribution is -2.35. The second-order valence-electron chi connectivity index (χ2n) is 5.09. The van der Waals surface area contributed by atoms with Gasteiger partial charge in [-0.05, 0) is 43.3 Å². The Morgan fingerprint density at radius 1 is 1.24 bits per heavy atom. The summed E-state index contributed by atoms with van der Waals surface area (Å²) in [4.78, 5) is 35.5. The molecule has 0 unspecified atom stereocenters. The van der Waals surface area contributed by atoms with E-state index in [-0.39, 0.29) is 11.3 Å². The number of hydrogen-bond donors (Lipinski definition) is 2. The van der Waals surface area contributed by atoms with Crippen LogP contribution in [0.1, 0.15) is 27.8 Å². The van der Waals surface area contributed by atoms with Crippen molar-refractivity contribution in [3.63, 3.8) is 0 Å². The third-order valence-corrected chi connectivity index (χ3v) is 3.20. The fourth-order valence-electron chi connectivity index (χ4n) is 1.89. The monoisotopic (exact) mass is 342 g/mol. The molecule has 1 atom stereocenters. The maximum atomic E-state index is 12.0. The summed E-state index contributed by atoms with van der Waals surface area (Å²) in [7, 11) is 0. The van der Waals surface area contributed by atoms with Gasteiger partial charge >= 0.3 is 5.97 Å². The Kier molecular flexibility index (Phi) is 6.11. The van der Waals surface area contributed by atoms with Crippen molar-refractivity contribution >= 4 is 23.5 Å². The highest BCUT2D eigenvalue weighted by atomic mass is 16.5. The fraction of sp³-hybridized carbons (Fsp3) is 0.167. The minimum absolute atomic E-state index is 0.183. The smallest absolute Gasteiger partial charge is 0.338 e. The fourth-order valence-corrected chi connectivity index (χ4v) is 1.89. The van der Waals surface area contributed by atoms with E-state index in [4.69, 9.17) is 9.15 Å². The Bertz CT molecular complexity index is 750. The first-order chi connectivity index (χ1) is 12.0. The summed E-state index contributed by atoms with van der Waals surface area (Å²) >= 11 is 0. The average molecular weight is 342 g/mol. The molecule has 0 spiro atoms. The van der Waals surface area contributed by atoms with Gasteiger partial charge < -0.3 is 19.8 Å². The number of furan rings is 1. The summed E-state index contributed by atoms with van der Waals surface area (Å²) in [5.41, 5.74) is 0.758. The highest BCUT2D eigenvalue weighted by molar-refractivity contribution is 6.02. The SMILES string of the molecule is C=CCNC(=O)[C@H](C)OC(=O)c1ccc(NC(=O)c2ccco2)cc1. The van der Waals surface area contributed by atoms with Crippen LogP contribution in [0, 0.1) is 0 Å². The van der Waals surface area contributed by atoms with Crippen LogP contribution in [-0.4, -0.2) is 30.4 Å². The van der Waals surface area contributed by atoms with Crippen LogP contribution >= 0.6 is 0 Å². The number of ether oxygens (including phenoxy) is 1. The number of rotatable bonds is 7. The molecule has 0 fully saturated rings. The van der Waals surface area contributed by atoms with Crippen LogP contribution in [0.2, 0.25) is 0 Å². The molecule has 130 valence electrons. The lowest BCUT2D eigenvalue weighted by molar-refractivity contribution is -0.128. The van der Waals surface area contributed by atoms with Crippen molar-refractivity contribution in [2.75, 3.05) is 11.9 Å². The van der Waals surface area contributed by atoms with Crippen LogP contribution in [-0.2, 0) is 9.53 Å². The summed E-state index contributed by atoms with van der Waals surface area (Å²) in [5.74, 6) is -1.25. The summed E-state index contributed by atoms with van der Waals surface area (Å²) in [6.45, 7) is 5.26. The van der Waals surface area contributed by atoms with Gasteiger partial charge in [0.15, 0.2) is 11.9 Å². The summed E-state index contributed by atoms with van der Waals surface area (Å²) < 4.78 is 10.1. The highest BCUT2D eigenvalue weighted by Gasteiger charge is 2.18. The molecule has 0 saturated carbocycles.